The monoisotopic (exact) mass is 208 g/mol. The maximum Gasteiger partial charge on any atom is 0.287 e. The lowest BCUT2D eigenvalue weighted by atomic mass is 10.4. The topological polar surface area (TPSA) is 63.6 Å². The van der Waals surface area contributed by atoms with Gasteiger partial charge in [-0.25, -0.2) is 9.97 Å². The van der Waals surface area contributed by atoms with Gasteiger partial charge in [-0.2, -0.15) is 4.39 Å². The lowest BCUT2D eigenvalue weighted by molar-refractivity contribution is 0.588. The Kier molecular flexibility index (Phi) is 2.11. The molecule has 5 nitrogen and oxygen atoms in total. The first-order chi connectivity index (χ1) is 7.09. The Hall–Kier alpha value is -1.98. The number of aryl methyl sites for hydroxylation is 2. The van der Waals surface area contributed by atoms with Gasteiger partial charge in [0.05, 0.1) is 5.69 Å². The molecule has 0 aliphatic heterocycles. The Bertz CT molecular complexity index is 557. The molecule has 0 saturated carbocycles. The Labute approximate surface area is 84.6 Å². The molecule has 2 aromatic rings. The number of nitrogens with one attached hydrogen (secondary N) is 1. The van der Waals surface area contributed by atoms with Gasteiger partial charge in [0.2, 0.25) is 5.82 Å². The zero-order chi connectivity index (χ0) is 11.0. The van der Waals surface area contributed by atoms with Gasteiger partial charge in [-0.05, 0) is 6.92 Å². The molecule has 0 unspecified atom stereocenters. The van der Waals surface area contributed by atoms with E-state index in [0.29, 0.717) is 5.82 Å². The molecule has 15 heavy (non-hydrogen) atoms. The Morgan fingerprint density at radius 3 is 2.80 bits per heavy atom. The largest absolute Gasteiger partial charge is 0.331 e. The molecule has 0 amide bonds. The number of hydrogen-bond acceptors (Lipinski definition) is 3. The molecule has 0 fully saturated rings. The highest BCUT2D eigenvalue weighted by molar-refractivity contribution is 5.43. The second-order valence-corrected chi connectivity index (χ2v) is 3.18. The summed E-state index contributed by atoms with van der Waals surface area (Å²) in [6, 6.07) is 0. The van der Waals surface area contributed by atoms with Crippen LogP contribution < -0.4 is 5.56 Å². The molecule has 2 aromatic heterocycles. The van der Waals surface area contributed by atoms with Crippen molar-refractivity contribution < 1.29 is 4.39 Å². The standard InChI is InChI=1S/C9H9FN4O/c1-5-6(10)9(15)13-7(12-5)8-11-3-4-14(8)2/h3-4H,1-2H3,(H,12,13,15). The summed E-state index contributed by atoms with van der Waals surface area (Å²) in [5, 5.41) is 0. The number of halogens is 1. The van der Waals surface area contributed by atoms with Crippen molar-refractivity contribution >= 4 is 0 Å². The van der Waals surface area contributed by atoms with E-state index in [1.165, 1.54) is 6.92 Å². The SMILES string of the molecule is Cc1nc(-c2nccn2C)[nH]c(=O)c1F. The smallest absolute Gasteiger partial charge is 0.287 e. The normalized spacial score (nSPS) is 10.6. The van der Waals surface area contributed by atoms with E-state index in [0.717, 1.165) is 0 Å². The van der Waals surface area contributed by atoms with Gasteiger partial charge < -0.3 is 9.55 Å². The number of aromatic nitrogens is 4. The predicted octanol–water partition coefficient (Wildman–Crippen LogP) is 0.618. The lowest BCUT2D eigenvalue weighted by Crippen LogP contribution is -2.16. The molecule has 0 saturated heterocycles. The van der Waals surface area contributed by atoms with Crippen LogP contribution in [0.2, 0.25) is 0 Å². The molecule has 0 aliphatic rings. The fraction of sp³-hybridized carbons (Fsp3) is 0.222. The molecular weight excluding hydrogens is 199 g/mol. The first-order valence-corrected chi connectivity index (χ1v) is 4.33. The van der Waals surface area contributed by atoms with E-state index in [1.54, 1.807) is 24.0 Å². The third kappa shape index (κ3) is 1.54. The van der Waals surface area contributed by atoms with Crippen LogP contribution in [0.4, 0.5) is 4.39 Å². The fourth-order valence-electron chi connectivity index (χ4n) is 1.27. The van der Waals surface area contributed by atoms with E-state index in [4.69, 9.17) is 0 Å². The van der Waals surface area contributed by atoms with Gasteiger partial charge in [-0.3, -0.25) is 4.79 Å². The fourth-order valence-corrected chi connectivity index (χ4v) is 1.27. The summed E-state index contributed by atoms with van der Waals surface area (Å²) < 4.78 is 14.7. The van der Waals surface area contributed by atoms with Gasteiger partial charge >= 0.3 is 0 Å². The minimum atomic E-state index is -0.854. The highest BCUT2D eigenvalue weighted by atomic mass is 19.1. The number of H-pyrrole nitrogens is 1. The molecule has 78 valence electrons. The van der Waals surface area contributed by atoms with Crippen LogP contribution in [-0.2, 0) is 7.05 Å². The van der Waals surface area contributed by atoms with E-state index in [1.807, 2.05) is 0 Å². The first kappa shape index (κ1) is 9.57. The van der Waals surface area contributed by atoms with E-state index < -0.39 is 11.4 Å². The molecule has 0 radical (unpaired) electrons. The number of aromatic amines is 1. The van der Waals surface area contributed by atoms with Gasteiger partial charge in [0.15, 0.2) is 11.6 Å². The van der Waals surface area contributed by atoms with Crippen LogP contribution in [0.25, 0.3) is 11.6 Å². The minimum Gasteiger partial charge on any atom is -0.331 e. The van der Waals surface area contributed by atoms with Crippen LogP contribution in [-0.4, -0.2) is 19.5 Å². The van der Waals surface area contributed by atoms with Crippen LogP contribution in [0, 0.1) is 12.7 Å². The summed E-state index contributed by atoms with van der Waals surface area (Å²) in [5.74, 6) is -0.0884. The quantitative estimate of drug-likeness (QED) is 0.747. The van der Waals surface area contributed by atoms with Crippen molar-refractivity contribution in [3.8, 4) is 11.6 Å². The van der Waals surface area contributed by atoms with Crippen LogP contribution in [0.1, 0.15) is 5.69 Å². The molecular formula is C9H9FN4O. The van der Waals surface area contributed by atoms with Crippen LogP contribution in [0.15, 0.2) is 17.2 Å². The average Bonchev–Trinajstić information content (AvgIpc) is 2.60. The van der Waals surface area contributed by atoms with Crippen molar-refractivity contribution in [3.63, 3.8) is 0 Å². The molecule has 0 atom stereocenters. The second kappa shape index (κ2) is 3.30. The van der Waals surface area contributed by atoms with Gasteiger partial charge in [-0.1, -0.05) is 0 Å². The van der Waals surface area contributed by atoms with Crippen molar-refractivity contribution in [2.45, 2.75) is 6.92 Å². The molecule has 1 N–H and O–H groups in total. The third-order valence-electron chi connectivity index (χ3n) is 2.06. The number of imidazole rings is 1. The van der Waals surface area contributed by atoms with Gasteiger partial charge in [0.1, 0.15) is 0 Å². The molecule has 0 aliphatic carbocycles. The van der Waals surface area contributed by atoms with Gasteiger partial charge in [0, 0.05) is 19.4 Å². The summed E-state index contributed by atoms with van der Waals surface area (Å²) in [4.78, 5) is 21.4. The summed E-state index contributed by atoms with van der Waals surface area (Å²) in [7, 11) is 1.76. The van der Waals surface area contributed by atoms with Crippen LogP contribution in [0.3, 0.4) is 0 Å². The van der Waals surface area contributed by atoms with Crippen LogP contribution >= 0.6 is 0 Å². The van der Waals surface area contributed by atoms with E-state index in [2.05, 4.69) is 15.0 Å². The van der Waals surface area contributed by atoms with Crippen molar-refractivity contribution in [3.05, 3.63) is 34.3 Å². The van der Waals surface area contributed by atoms with E-state index in [-0.39, 0.29) is 11.5 Å². The van der Waals surface area contributed by atoms with E-state index in [9.17, 15) is 9.18 Å². The number of nitrogens with zero attached hydrogens (tertiary/aromatic N) is 3. The molecule has 2 rings (SSSR count). The van der Waals surface area contributed by atoms with Crippen molar-refractivity contribution in [1.29, 1.82) is 0 Å². The molecule has 0 spiro atoms. The summed E-state index contributed by atoms with van der Waals surface area (Å²) in [6.45, 7) is 1.44. The van der Waals surface area contributed by atoms with E-state index >= 15 is 0 Å². The third-order valence-corrected chi connectivity index (χ3v) is 2.06. The van der Waals surface area contributed by atoms with Gasteiger partial charge in [-0.15, -0.1) is 0 Å². The Morgan fingerprint density at radius 1 is 1.53 bits per heavy atom. The average molecular weight is 208 g/mol. The summed E-state index contributed by atoms with van der Waals surface area (Å²) in [5.41, 5.74) is -0.711. The predicted molar refractivity (Wildman–Crippen MR) is 51.8 cm³/mol. The van der Waals surface area contributed by atoms with Crippen LogP contribution in [0.5, 0.6) is 0 Å². The zero-order valence-electron chi connectivity index (χ0n) is 8.28. The maximum atomic E-state index is 13.0. The molecule has 2 heterocycles. The van der Waals surface area contributed by atoms with Crippen molar-refractivity contribution in [1.82, 2.24) is 19.5 Å². The lowest BCUT2D eigenvalue weighted by Gasteiger charge is -2.02. The van der Waals surface area contributed by atoms with Crippen molar-refractivity contribution in [2.24, 2.45) is 7.05 Å². The molecule has 0 aromatic carbocycles. The summed E-state index contributed by atoms with van der Waals surface area (Å²) >= 11 is 0. The second-order valence-electron chi connectivity index (χ2n) is 3.18. The maximum absolute atomic E-state index is 13.0. The Balaban J connectivity index is 2.66. The zero-order valence-corrected chi connectivity index (χ0v) is 8.28. The first-order valence-electron chi connectivity index (χ1n) is 4.33. The Morgan fingerprint density at radius 2 is 2.27 bits per heavy atom. The molecule has 6 heteroatoms. The van der Waals surface area contributed by atoms with Crippen molar-refractivity contribution in [2.75, 3.05) is 0 Å². The highest BCUT2D eigenvalue weighted by Crippen LogP contribution is 2.10. The highest BCUT2D eigenvalue weighted by Gasteiger charge is 2.11. The minimum absolute atomic E-state index is 0.0664. The number of rotatable bonds is 1. The van der Waals surface area contributed by atoms with Gasteiger partial charge in [0.25, 0.3) is 5.56 Å². The summed E-state index contributed by atoms with van der Waals surface area (Å²) in [6.07, 6.45) is 3.29. The molecule has 0 bridgehead atoms. The number of hydrogen-bond donors (Lipinski definition) is 1.